The molecule has 2 aliphatic rings. The number of aryl methyl sites for hydroxylation is 3. The summed E-state index contributed by atoms with van der Waals surface area (Å²) in [5.41, 5.74) is 25.2. The van der Waals surface area contributed by atoms with E-state index >= 15 is 0 Å². The Hall–Kier alpha value is -9.32. The van der Waals surface area contributed by atoms with Gasteiger partial charge in [0.15, 0.2) is 0 Å². The number of hydrogen-bond donors (Lipinski definition) is 0. The van der Waals surface area contributed by atoms with Crippen molar-refractivity contribution in [3.63, 3.8) is 0 Å². The first kappa shape index (κ1) is 42.4. The molecule has 0 saturated carbocycles. The first-order chi connectivity index (χ1) is 36.3. The van der Waals surface area contributed by atoms with Gasteiger partial charge in [0.2, 0.25) is 0 Å². The normalized spacial score (nSPS) is 13.2. The van der Waals surface area contributed by atoms with E-state index in [-0.39, 0.29) is 0 Å². The fourth-order valence-electron chi connectivity index (χ4n) is 13.0. The number of hydrogen-bond acceptors (Lipinski definition) is 3. The molecule has 0 N–H and O–H groups in total. The van der Waals surface area contributed by atoms with Crippen LogP contribution >= 0.6 is 0 Å². The Morgan fingerprint density at radius 3 is 1.34 bits per heavy atom. The van der Waals surface area contributed by atoms with E-state index < -0.39 is 5.41 Å². The zero-order valence-corrected chi connectivity index (χ0v) is 41.6. The van der Waals surface area contributed by atoms with Crippen LogP contribution in [0.25, 0.3) is 88.6 Å². The van der Waals surface area contributed by atoms with Crippen molar-refractivity contribution in [2.75, 3.05) is 4.90 Å². The van der Waals surface area contributed by atoms with Gasteiger partial charge in [-0.3, -0.25) is 0 Å². The molecule has 5 heteroatoms. The maximum absolute atomic E-state index is 5.22. The van der Waals surface area contributed by atoms with Gasteiger partial charge < -0.3 is 14.0 Å². The van der Waals surface area contributed by atoms with Gasteiger partial charge in [-0.1, -0.05) is 163 Å². The summed E-state index contributed by atoms with van der Waals surface area (Å²) in [6, 6.07) is 83.1. The molecule has 0 atom stereocenters. The number of para-hydroxylation sites is 3. The van der Waals surface area contributed by atoms with E-state index in [1.165, 1.54) is 88.5 Å². The third kappa shape index (κ3) is 5.92. The van der Waals surface area contributed by atoms with Crippen LogP contribution in [0, 0.1) is 27.7 Å². The van der Waals surface area contributed by atoms with E-state index in [9.17, 15) is 0 Å². The molecule has 0 radical (unpaired) electrons. The molecule has 4 heterocycles. The fraction of sp³-hybridized carbons (Fsp3) is 0.0725. The van der Waals surface area contributed by atoms with Crippen molar-refractivity contribution in [1.82, 2.24) is 19.1 Å². The van der Waals surface area contributed by atoms with Gasteiger partial charge in [0.1, 0.15) is 5.82 Å². The van der Waals surface area contributed by atoms with Crippen LogP contribution in [0.15, 0.2) is 224 Å². The summed E-state index contributed by atoms with van der Waals surface area (Å²) in [5.74, 6) is 0.728. The number of rotatable bonds is 5. The number of anilines is 3. The zero-order chi connectivity index (χ0) is 49.4. The lowest BCUT2D eigenvalue weighted by molar-refractivity contribution is 0.750. The lowest BCUT2D eigenvalue weighted by Gasteiger charge is -2.45. The second-order valence-electron chi connectivity index (χ2n) is 20.3. The Kier molecular flexibility index (Phi) is 9.07. The molecule has 0 unspecified atom stereocenters. The maximum atomic E-state index is 5.22. The van der Waals surface area contributed by atoms with Crippen LogP contribution in [-0.4, -0.2) is 19.1 Å². The Balaban J connectivity index is 0.853. The van der Waals surface area contributed by atoms with Gasteiger partial charge >= 0.3 is 0 Å². The van der Waals surface area contributed by atoms with Crippen LogP contribution in [0.4, 0.5) is 17.1 Å². The Bertz CT molecular complexity index is 4360. The molecular weight excluding hydrogens is 899 g/mol. The quantitative estimate of drug-likeness (QED) is 0.173. The lowest BCUT2D eigenvalue weighted by Crippen LogP contribution is -2.36. The summed E-state index contributed by atoms with van der Waals surface area (Å²) < 4.78 is 4.81. The Morgan fingerprint density at radius 2 is 0.784 bits per heavy atom. The van der Waals surface area contributed by atoms with E-state index in [1.807, 2.05) is 6.92 Å². The lowest BCUT2D eigenvalue weighted by atomic mass is 9.64. The van der Waals surface area contributed by atoms with Crippen LogP contribution < -0.4 is 4.90 Å². The van der Waals surface area contributed by atoms with Crippen molar-refractivity contribution in [2.45, 2.75) is 33.1 Å². The van der Waals surface area contributed by atoms with E-state index in [0.29, 0.717) is 0 Å². The molecule has 74 heavy (non-hydrogen) atoms. The molecule has 10 aromatic carbocycles. The number of aromatic nitrogens is 4. The van der Waals surface area contributed by atoms with Crippen molar-refractivity contribution in [3.05, 3.63) is 269 Å². The molecule has 1 aliphatic heterocycles. The van der Waals surface area contributed by atoms with Gasteiger partial charge in [0.05, 0.1) is 50.2 Å². The molecule has 350 valence electrons. The van der Waals surface area contributed by atoms with Crippen LogP contribution in [-0.2, 0) is 5.41 Å². The molecule has 1 spiro atoms. The summed E-state index contributed by atoms with van der Waals surface area (Å²) >= 11 is 0. The highest BCUT2D eigenvalue weighted by Crippen LogP contribution is 2.63. The standard InChI is InChI=1S/C69H49N5/c1-42-31-34-65-59(37-42)69(57-26-10-5-21-51(57)52-22-6-11-27-58(52)69)60-38-43(2)32-35-66(60)74(65)49-20-16-18-47(40-49)68-44(3)67(70-45(4)71-68)46-17-15-19-48(39-46)72-63-30-14-9-25-55(63)56-41-50(33-36-64(56)72)73-61-28-12-7-23-53(61)54-24-8-13-29-62(54)73/h5-41H,1-4H3. The maximum Gasteiger partial charge on any atom is 0.126 e. The largest absolute Gasteiger partial charge is 0.310 e. The second-order valence-corrected chi connectivity index (χ2v) is 20.3. The molecule has 0 fully saturated rings. The third-order valence-electron chi connectivity index (χ3n) is 16.1. The highest BCUT2D eigenvalue weighted by molar-refractivity contribution is 6.12. The van der Waals surface area contributed by atoms with Crippen LogP contribution in [0.5, 0.6) is 0 Å². The summed E-state index contributed by atoms with van der Waals surface area (Å²) in [6.45, 7) is 8.63. The molecule has 0 amide bonds. The molecule has 15 rings (SSSR count). The highest BCUT2D eigenvalue weighted by Gasteiger charge is 2.51. The van der Waals surface area contributed by atoms with Crippen LogP contribution in [0.3, 0.4) is 0 Å². The molecule has 13 aromatic rings. The topological polar surface area (TPSA) is 38.9 Å². The summed E-state index contributed by atoms with van der Waals surface area (Å²) in [6.07, 6.45) is 0. The molecule has 1 aliphatic carbocycles. The first-order valence-corrected chi connectivity index (χ1v) is 25.7. The minimum atomic E-state index is -0.483. The van der Waals surface area contributed by atoms with E-state index in [0.717, 1.165) is 62.0 Å². The van der Waals surface area contributed by atoms with Crippen molar-refractivity contribution in [1.29, 1.82) is 0 Å². The molecule has 5 nitrogen and oxygen atoms in total. The van der Waals surface area contributed by atoms with Gasteiger partial charge in [0, 0.05) is 55.3 Å². The predicted octanol–water partition coefficient (Wildman–Crippen LogP) is 17.4. The number of nitrogens with zero attached hydrogens (tertiary/aromatic N) is 5. The van der Waals surface area contributed by atoms with Crippen LogP contribution in [0.1, 0.15) is 44.8 Å². The number of benzene rings is 10. The van der Waals surface area contributed by atoms with E-state index in [2.05, 4.69) is 259 Å². The summed E-state index contributed by atoms with van der Waals surface area (Å²) in [7, 11) is 0. The minimum Gasteiger partial charge on any atom is -0.310 e. The average molecular weight is 948 g/mol. The second kappa shape index (κ2) is 15.8. The van der Waals surface area contributed by atoms with Crippen molar-refractivity contribution >= 4 is 60.7 Å². The highest BCUT2D eigenvalue weighted by atomic mass is 15.2. The van der Waals surface area contributed by atoms with Gasteiger partial charge in [-0.25, -0.2) is 9.97 Å². The fourth-order valence-corrected chi connectivity index (χ4v) is 13.0. The first-order valence-electron chi connectivity index (χ1n) is 25.7. The van der Waals surface area contributed by atoms with Crippen molar-refractivity contribution in [3.8, 4) is 45.0 Å². The van der Waals surface area contributed by atoms with Gasteiger partial charge in [-0.2, -0.15) is 0 Å². The summed E-state index contributed by atoms with van der Waals surface area (Å²) in [4.78, 5) is 12.9. The zero-order valence-electron chi connectivity index (χ0n) is 41.6. The van der Waals surface area contributed by atoms with Crippen LogP contribution in [0.2, 0.25) is 0 Å². The Labute approximate surface area is 429 Å². The molecule has 0 bridgehead atoms. The number of fused-ring (bicyclic) bond motifs is 15. The minimum absolute atomic E-state index is 0.483. The predicted molar refractivity (Wildman–Crippen MR) is 306 cm³/mol. The SMILES string of the molecule is Cc1ccc2c(c1)C1(c3ccccc3-c3ccccc31)c1cc(C)ccc1N2c1cccc(-c2nc(C)nc(-c3cccc(-n4c5ccccc5c5cc(-n6c7ccccc7c7ccccc76)ccc54)c3)c2C)c1. The van der Waals surface area contributed by atoms with Gasteiger partial charge in [-0.05, 0) is 134 Å². The monoisotopic (exact) mass is 947 g/mol. The van der Waals surface area contributed by atoms with E-state index in [4.69, 9.17) is 9.97 Å². The Morgan fingerprint density at radius 1 is 0.338 bits per heavy atom. The van der Waals surface area contributed by atoms with E-state index in [1.54, 1.807) is 0 Å². The smallest absolute Gasteiger partial charge is 0.126 e. The van der Waals surface area contributed by atoms with Crippen molar-refractivity contribution < 1.29 is 0 Å². The summed E-state index contributed by atoms with van der Waals surface area (Å²) in [5, 5.41) is 4.93. The third-order valence-corrected chi connectivity index (χ3v) is 16.1. The molecule has 0 saturated heterocycles. The average Bonchev–Trinajstić information content (AvgIpc) is 4.20. The molecule has 3 aromatic heterocycles. The van der Waals surface area contributed by atoms with Crippen molar-refractivity contribution in [2.24, 2.45) is 0 Å². The van der Waals surface area contributed by atoms with Gasteiger partial charge in [0.25, 0.3) is 0 Å². The van der Waals surface area contributed by atoms with Gasteiger partial charge in [-0.15, -0.1) is 0 Å². The molecular formula is C69H49N5.